The maximum Gasteiger partial charge on any atom is 0.267 e. The van der Waals surface area contributed by atoms with Crippen molar-refractivity contribution in [1.82, 2.24) is 9.55 Å². The first-order chi connectivity index (χ1) is 12.0. The van der Waals surface area contributed by atoms with Crippen LogP contribution >= 0.6 is 11.6 Å². The lowest BCUT2D eigenvalue weighted by Crippen LogP contribution is -2.19. The first kappa shape index (κ1) is 15.3. The zero-order valence-corrected chi connectivity index (χ0v) is 13.5. The molecular weight excluding hydrogens is 342 g/mol. The van der Waals surface area contributed by atoms with E-state index in [1.807, 2.05) is 12.1 Å². The number of aromatic hydroxyl groups is 2. The van der Waals surface area contributed by atoms with Crippen molar-refractivity contribution in [2.45, 2.75) is 0 Å². The summed E-state index contributed by atoms with van der Waals surface area (Å²) in [5.41, 5.74) is 5.46. The minimum absolute atomic E-state index is 0.0199. The van der Waals surface area contributed by atoms with Crippen LogP contribution in [0, 0.1) is 0 Å². The predicted molar refractivity (Wildman–Crippen MR) is 97.6 cm³/mol. The van der Waals surface area contributed by atoms with E-state index in [4.69, 9.17) is 17.3 Å². The largest absolute Gasteiger partial charge is 0.505 e. The van der Waals surface area contributed by atoms with Crippen molar-refractivity contribution in [2.24, 2.45) is 0 Å². The van der Waals surface area contributed by atoms with E-state index in [-0.39, 0.29) is 38.8 Å². The van der Waals surface area contributed by atoms with Gasteiger partial charge in [-0.3, -0.25) is 9.36 Å². The Morgan fingerprint density at radius 3 is 2.64 bits per heavy atom. The summed E-state index contributed by atoms with van der Waals surface area (Å²) in [6.07, 6.45) is 1.23. The maximum atomic E-state index is 12.9. The molecule has 0 spiro atoms. The summed E-state index contributed by atoms with van der Waals surface area (Å²) in [5, 5.41) is 22.2. The van der Waals surface area contributed by atoms with Gasteiger partial charge in [0.2, 0.25) is 0 Å². The molecule has 1 aromatic heterocycles. The Morgan fingerprint density at radius 1 is 1.08 bits per heavy atom. The fourth-order valence-corrected chi connectivity index (χ4v) is 3.16. The third-order valence-electron chi connectivity index (χ3n) is 4.13. The molecule has 6 nitrogen and oxygen atoms in total. The second-order valence-electron chi connectivity index (χ2n) is 5.59. The Kier molecular flexibility index (Phi) is 3.30. The molecule has 3 aromatic carbocycles. The standard InChI is InChI=1S/C18H12ClN3O3/c19-11-7-12(20)17(24)15-14(11)18(25)22(8-21-15)13-6-5-9-3-1-2-4-10(9)16(13)23/h1-8,23-24H,20H2. The Hall–Kier alpha value is -3.25. The Morgan fingerprint density at radius 2 is 1.84 bits per heavy atom. The van der Waals surface area contributed by atoms with Gasteiger partial charge in [0.1, 0.15) is 17.6 Å². The number of nitrogens with zero attached hydrogens (tertiary/aromatic N) is 2. The summed E-state index contributed by atoms with van der Waals surface area (Å²) in [4.78, 5) is 17.0. The van der Waals surface area contributed by atoms with E-state index in [2.05, 4.69) is 4.98 Å². The number of nitrogen functional groups attached to an aromatic ring is 1. The number of benzene rings is 3. The third-order valence-corrected chi connectivity index (χ3v) is 4.43. The molecular formula is C18H12ClN3O3. The van der Waals surface area contributed by atoms with Crippen LogP contribution in [0.5, 0.6) is 11.5 Å². The van der Waals surface area contributed by atoms with E-state index in [1.54, 1.807) is 24.3 Å². The molecule has 0 saturated carbocycles. The lowest BCUT2D eigenvalue weighted by Gasteiger charge is -2.12. The monoisotopic (exact) mass is 353 g/mol. The molecule has 0 radical (unpaired) electrons. The highest BCUT2D eigenvalue weighted by molar-refractivity contribution is 6.36. The van der Waals surface area contributed by atoms with Crippen LogP contribution in [0.3, 0.4) is 0 Å². The molecule has 0 aliphatic rings. The molecule has 0 saturated heterocycles. The number of nitrogens with two attached hydrogens (primary N) is 1. The Labute approximate surface area is 146 Å². The molecule has 7 heteroatoms. The van der Waals surface area contributed by atoms with Crippen LogP contribution in [0.15, 0.2) is 53.6 Å². The van der Waals surface area contributed by atoms with E-state index in [9.17, 15) is 15.0 Å². The number of phenolic OH excluding ortho intramolecular Hbond substituents is 2. The average molecular weight is 354 g/mol. The number of aromatic nitrogens is 2. The maximum absolute atomic E-state index is 12.9. The van der Waals surface area contributed by atoms with Crippen molar-refractivity contribution in [3.8, 4) is 17.2 Å². The molecule has 0 unspecified atom stereocenters. The number of hydrogen-bond donors (Lipinski definition) is 3. The van der Waals surface area contributed by atoms with Crippen molar-refractivity contribution in [1.29, 1.82) is 0 Å². The third kappa shape index (κ3) is 2.19. The van der Waals surface area contributed by atoms with E-state index in [0.717, 1.165) is 5.39 Å². The molecule has 0 aliphatic heterocycles. The van der Waals surface area contributed by atoms with Gasteiger partial charge in [0.15, 0.2) is 5.75 Å². The first-order valence-corrected chi connectivity index (χ1v) is 7.76. The van der Waals surface area contributed by atoms with Gasteiger partial charge in [-0.1, -0.05) is 41.9 Å². The summed E-state index contributed by atoms with van der Waals surface area (Å²) in [5.74, 6) is -0.344. The smallest absolute Gasteiger partial charge is 0.267 e. The molecule has 0 aliphatic carbocycles. The molecule has 4 rings (SSSR count). The Balaban J connectivity index is 2.08. The van der Waals surface area contributed by atoms with Gasteiger partial charge < -0.3 is 15.9 Å². The molecule has 0 atom stereocenters. The fraction of sp³-hybridized carbons (Fsp3) is 0. The summed E-state index contributed by atoms with van der Waals surface area (Å²) < 4.78 is 1.19. The lowest BCUT2D eigenvalue weighted by atomic mass is 10.1. The van der Waals surface area contributed by atoms with Crippen LogP contribution in [0.2, 0.25) is 5.02 Å². The number of hydrogen-bond acceptors (Lipinski definition) is 5. The normalized spacial score (nSPS) is 11.2. The van der Waals surface area contributed by atoms with E-state index in [0.29, 0.717) is 5.39 Å². The van der Waals surface area contributed by atoms with Crippen LogP contribution in [0.1, 0.15) is 0 Å². The van der Waals surface area contributed by atoms with Crippen molar-refractivity contribution in [3.63, 3.8) is 0 Å². The highest BCUT2D eigenvalue weighted by Crippen LogP contribution is 2.34. The van der Waals surface area contributed by atoms with Crippen LogP contribution in [-0.4, -0.2) is 19.8 Å². The van der Waals surface area contributed by atoms with Gasteiger partial charge in [-0.15, -0.1) is 0 Å². The minimum atomic E-state index is -0.518. The van der Waals surface area contributed by atoms with Gasteiger partial charge >= 0.3 is 0 Å². The van der Waals surface area contributed by atoms with Gasteiger partial charge in [0.05, 0.1) is 21.8 Å². The van der Waals surface area contributed by atoms with Crippen LogP contribution < -0.4 is 11.3 Å². The molecule has 25 heavy (non-hydrogen) atoms. The predicted octanol–water partition coefficient (Wildman–Crippen LogP) is 3.19. The summed E-state index contributed by atoms with van der Waals surface area (Å²) in [6.45, 7) is 0. The van der Waals surface area contributed by atoms with Crippen LogP contribution in [-0.2, 0) is 0 Å². The van der Waals surface area contributed by atoms with E-state index in [1.165, 1.54) is 17.0 Å². The second kappa shape index (κ2) is 5.39. The van der Waals surface area contributed by atoms with Crippen molar-refractivity contribution >= 4 is 39.0 Å². The number of halogens is 1. The highest BCUT2D eigenvalue weighted by Gasteiger charge is 2.17. The SMILES string of the molecule is Nc1cc(Cl)c2c(=O)n(-c3ccc4ccccc4c3O)cnc2c1O. The number of phenols is 2. The topological polar surface area (TPSA) is 101 Å². The number of anilines is 1. The fourth-order valence-electron chi connectivity index (χ4n) is 2.87. The Bertz CT molecular complexity index is 1220. The first-order valence-electron chi connectivity index (χ1n) is 7.38. The van der Waals surface area contributed by atoms with E-state index >= 15 is 0 Å². The molecule has 124 valence electrons. The lowest BCUT2D eigenvalue weighted by molar-refractivity contribution is 0.478. The summed E-state index contributed by atoms with van der Waals surface area (Å²) >= 11 is 6.13. The molecule has 0 fully saturated rings. The molecule has 1 heterocycles. The van der Waals surface area contributed by atoms with Crippen molar-refractivity contribution < 1.29 is 10.2 Å². The quantitative estimate of drug-likeness (QED) is 0.360. The molecule has 4 aromatic rings. The number of rotatable bonds is 1. The van der Waals surface area contributed by atoms with Gasteiger partial charge in [-0.05, 0) is 17.5 Å². The van der Waals surface area contributed by atoms with E-state index < -0.39 is 5.56 Å². The molecule has 0 amide bonds. The molecule has 4 N–H and O–H groups in total. The van der Waals surface area contributed by atoms with Crippen molar-refractivity contribution in [3.05, 3.63) is 64.2 Å². The van der Waals surface area contributed by atoms with Crippen molar-refractivity contribution in [2.75, 3.05) is 5.73 Å². The average Bonchev–Trinajstić information content (AvgIpc) is 2.60. The van der Waals surface area contributed by atoms with Gasteiger partial charge in [0, 0.05) is 5.39 Å². The summed E-state index contributed by atoms with van der Waals surface area (Å²) in [7, 11) is 0. The van der Waals surface area contributed by atoms with Gasteiger partial charge in [-0.25, -0.2) is 4.98 Å². The van der Waals surface area contributed by atoms with Gasteiger partial charge in [-0.2, -0.15) is 0 Å². The zero-order chi connectivity index (χ0) is 17.7. The highest BCUT2D eigenvalue weighted by atomic mass is 35.5. The zero-order valence-electron chi connectivity index (χ0n) is 12.8. The van der Waals surface area contributed by atoms with Crippen LogP contribution in [0.4, 0.5) is 5.69 Å². The minimum Gasteiger partial charge on any atom is -0.505 e. The van der Waals surface area contributed by atoms with Gasteiger partial charge in [0.25, 0.3) is 5.56 Å². The number of fused-ring (bicyclic) bond motifs is 2. The van der Waals surface area contributed by atoms with Crippen LogP contribution in [0.25, 0.3) is 27.4 Å². The summed E-state index contributed by atoms with van der Waals surface area (Å²) in [6, 6.07) is 12.0. The molecule has 0 bridgehead atoms. The second-order valence-corrected chi connectivity index (χ2v) is 6.00.